The average molecular weight is 507 g/mol. The molecule has 0 radical (unpaired) electrons. The summed E-state index contributed by atoms with van der Waals surface area (Å²) in [6.07, 6.45) is 0.666. The van der Waals surface area contributed by atoms with Crippen molar-refractivity contribution in [3.63, 3.8) is 0 Å². The Morgan fingerprint density at radius 3 is 1.89 bits per heavy atom. The van der Waals surface area contributed by atoms with Gasteiger partial charge in [0.15, 0.2) is 6.17 Å². The third kappa shape index (κ3) is 8.61. The molecule has 0 saturated heterocycles. The topological polar surface area (TPSA) is 88.1 Å². The Labute approximate surface area is 214 Å². The highest BCUT2D eigenvalue weighted by molar-refractivity contribution is 5.91. The Morgan fingerprint density at radius 1 is 0.784 bits per heavy atom. The molecule has 192 valence electrons. The van der Waals surface area contributed by atoms with Crippen molar-refractivity contribution in [3.05, 3.63) is 91.0 Å². The van der Waals surface area contributed by atoms with Gasteiger partial charge in [-0.3, -0.25) is 0 Å². The molecule has 0 aliphatic carbocycles. The Morgan fingerprint density at radius 2 is 1.30 bits per heavy atom. The Hall–Kier alpha value is -4.46. The number of carbonyl (C=O) groups excluding carboxylic acids is 3. The molecule has 1 atom stereocenters. The number of unbranched alkanes of at least 4 members (excludes halogenated alkanes) is 1. The first-order valence-corrected chi connectivity index (χ1v) is 11.7. The first kappa shape index (κ1) is 27.1. The molecule has 7 nitrogen and oxygen atoms in total. The fraction of sp³-hybridized carbons (Fsp3) is 0.207. The zero-order valence-electron chi connectivity index (χ0n) is 20.4. The van der Waals surface area contributed by atoms with E-state index >= 15 is 0 Å². The Bertz CT molecular complexity index is 1200. The molecule has 0 amide bonds. The van der Waals surface area contributed by atoms with E-state index in [-0.39, 0.29) is 6.61 Å². The standard InChI is InChI=1S/C29H27FO7/c1-3-27(31)36-25-12-10-22(11-13-25)21-6-8-23(9-7-21)29(33)37-26-16-14-24(15-17-26)34-18-4-5-19-35-28(32)20(2)30/h3,6-17,20H,1,4-5,18-19H2,2H3. The smallest absolute Gasteiger partial charge is 0.343 e. The highest BCUT2D eigenvalue weighted by atomic mass is 19.1. The van der Waals surface area contributed by atoms with Gasteiger partial charge in [-0.25, -0.2) is 18.8 Å². The maximum atomic E-state index is 12.7. The van der Waals surface area contributed by atoms with Gasteiger partial charge in [-0.1, -0.05) is 30.8 Å². The number of rotatable bonds is 12. The molecule has 3 aromatic rings. The second-order valence-corrected chi connectivity index (χ2v) is 7.93. The van der Waals surface area contributed by atoms with Gasteiger partial charge < -0.3 is 18.9 Å². The number of benzene rings is 3. The number of ether oxygens (including phenoxy) is 4. The maximum Gasteiger partial charge on any atom is 0.343 e. The molecular weight excluding hydrogens is 479 g/mol. The minimum Gasteiger partial charge on any atom is -0.494 e. The van der Waals surface area contributed by atoms with Gasteiger partial charge in [0.2, 0.25) is 0 Å². The van der Waals surface area contributed by atoms with Gasteiger partial charge in [-0.2, -0.15) is 0 Å². The van der Waals surface area contributed by atoms with Gasteiger partial charge in [-0.05, 0) is 79.4 Å². The van der Waals surface area contributed by atoms with Crippen molar-refractivity contribution < 1.29 is 37.7 Å². The first-order valence-electron chi connectivity index (χ1n) is 11.7. The maximum absolute atomic E-state index is 12.7. The van der Waals surface area contributed by atoms with E-state index in [2.05, 4.69) is 6.58 Å². The minimum absolute atomic E-state index is 0.145. The molecule has 8 heteroatoms. The Kier molecular flexibility index (Phi) is 9.96. The average Bonchev–Trinajstić information content (AvgIpc) is 2.91. The molecule has 0 bridgehead atoms. The molecule has 0 aliphatic heterocycles. The predicted molar refractivity (Wildman–Crippen MR) is 135 cm³/mol. The van der Waals surface area contributed by atoms with E-state index in [4.69, 9.17) is 18.9 Å². The second kappa shape index (κ2) is 13.6. The van der Waals surface area contributed by atoms with Crippen molar-refractivity contribution in [1.82, 2.24) is 0 Å². The molecule has 0 aromatic heterocycles. The lowest BCUT2D eigenvalue weighted by Gasteiger charge is -2.09. The van der Waals surface area contributed by atoms with E-state index in [1.807, 2.05) is 12.1 Å². The van der Waals surface area contributed by atoms with E-state index < -0.39 is 24.1 Å². The van der Waals surface area contributed by atoms with Crippen LogP contribution in [0.3, 0.4) is 0 Å². The van der Waals surface area contributed by atoms with Crippen LogP contribution in [0.4, 0.5) is 4.39 Å². The van der Waals surface area contributed by atoms with Gasteiger partial charge in [0.1, 0.15) is 17.2 Å². The van der Waals surface area contributed by atoms with Crippen molar-refractivity contribution in [1.29, 1.82) is 0 Å². The zero-order valence-corrected chi connectivity index (χ0v) is 20.4. The quantitative estimate of drug-likeness (QED) is 0.134. The molecule has 0 saturated carbocycles. The molecule has 0 spiro atoms. The number of alkyl halides is 1. The summed E-state index contributed by atoms with van der Waals surface area (Å²) in [6.45, 7) is 5.04. The van der Waals surface area contributed by atoms with Crippen LogP contribution in [-0.4, -0.2) is 37.3 Å². The molecular formula is C29H27FO7. The summed E-state index contributed by atoms with van der Waals surface area (Å²) in [5.74, 6) is -0.494. The summed E-state index contributed by atoms with van der Waals surface area (Å²) in [7, 11) is 0. The van der Waals surface area contributed by atoms with E-state index in [1.165, 1.54) is 0 Å². The van der Waals surface area contributed by atoms with Crippen LogP contribution >= 0.6 is 0 Å². The second-order valence-electron chi connectivity index (χ2n) is 7.93. The van der Waals surface area contributed by atoms with E-state index in [1.54, 1.807) is 60.7 Å². The van der Waals surface area contributed by atoms with Crippen LogP contribution in [0.15, 0.2) is 85.5 Å². The van der Waals surface area contributed by atoms with Gasteiger partial charge in [0, 0.05) is 6.08 Å². The lowest BCUT2D eigenvalue weighted by molar-refractivity contribution is -0.149. The van der Waals surface area contributed by atoms with Crippen molar-refractivity contribution in [2.45, 2.75) is 25.9 Å². The normalized spacial score (nSPS) is 11.2. The number of halogens is 1. The van der Waals surface area contributed by atoms with Crippen LogP contribution in [0.5, 0.6) is 17.2 Å². The number of carbonyl (C=O) groups is 3. The molecule has 3 rings (SSSR count). The Balaban J connectivity index is 1.45. The summed E-state index contributed by atoms with van der Waals surface area (Å²) in [6, 6.07) is 20.6. The van der Waals surface area contributed by atoms with E-state index in [9.17, 15) is 18.8 Å². The SMILES string of the molecule is C=CC(=O)Oc1ccc(-c2ccc(C(=O)Oc3ccc(OCCCCOC(=O)C(C)F)cc3)cc2)cc1. The third-order valence-corrected chi connectivity index (χ3v) is 5.10. The van der Waals surface area contributed by atoms with Crippen LogP contribution in [0.2, 0.25) is 0 Å². The van der Waals surface area contributed by atoms with E-state index in [0.29, 0.717) is 42.3 Å². The molecule has 0 fully saturated rings. The van der Waals surface area contributed by atoms with Crippen LogP contribution < -0.4 is 14.2 Å². The predicted octanol–water partition coefficient (Wildman–Crippen LogP) is 5.72. The number of hydrogen-bond donors (Lipinski definition) is 0. The highest BCUT2D eigenvalue weighted by Gasteiger charge is 2.12. The minimum atomic E-state index is -1.62. The monoisotopic (exact) mass is 506 g/mol. The lowest BCUT2D eigenvalue weighted by atomic mass is 10.0. The third-order valence-electron chi connectivity index (χ3n) is 5.10. The van der Waals surface area contributed by atoms with Gasteiger partial charge in [0.05, 0.1) is 18.8 Å². The first-order chi connectivity index (χ1) is 17.9. The van der Waals surface area contributed by atoms with Gasteiger partial charge in [-0.15, -0.1) is 0 Å². The molecule has 0 heterocycles. The summed E-state index contributed by atoms with van der Waals surface area (Å²) in [5.41, 5.74) is 2.17. The molecule has 3 aromatic carbocycles. The van der Waals surface area contributed by atoms with Crippen molar-refractivity contribution >= 4 is 17.9 Å². The summed E-state index contributed by atoms with van der Waals surface area (Å²) < 4.78 is 33.5. The highest BCUT2D eigenvalue weighted by Crippen LogP contribution is 2.24. The lowest BCUT2D eigenvalue weighted by Crippen LogP contribution is -2.16. The molecule has 0 N–H and O–H groups in total. The van der Waals surface area contributed by atoms with Crippen molar-refractivity contribution in [2.24, 2.45) is 0 Å². The summed E-state index contributed by atoms with van der Waals surface area (Å²) in [4.78, 5) is 34.8. The largest absolute Gasteiger partial charge is 0.494 e. The zero-order chi connectivity index (χ0) is 26.6. The van der Waals surface area contributed by atoms with Crippen LogP contribution in [0, 0.1) is 0 Å². The molecule has 0 aliphatic rings. The van der Waals surface area contributed by atoms with E-state index in [0.717, 1.165) is 24.1 Å². The van der Waals surface area contributed by atoms with Crippen molar-refractivity contribution in [3.8, 4) is 28.4 Å². The molecule has 1 unspecified atom stereocenters. The van der Waals surface area contributed by atoms with Crippen LogP contribution in [0.25, 0.3) is 11.1 Å². The number of esters is 3. The molecule has 37 heavy (non-hydrogen) atoms. The van der Waals surface area contributed by atoms with Crippen LogP contribution in [-0.2, 0) is 14.3 Å². The van der Waals surface area contributed by atoms with Crippen LogP contribution in [0.1, 0.15) is 30.1 Å². The summed E-state index contributed by atoms with van der Waals surface area (Å²) >= 11 is 0. The van der Waals surface area contributed by atoms with Crippen molar-refractivity contribution in [2.75, 3.05) is 13.2 Å². The summed E-state index contributed by atoms with van der Waals surface area (Å²) in [5, 5.41) is 0. The number of hydrogen-bond acceptors (Lipinski definition) is 7. The fourth-order valence-electron chi connectivity index (χ4n) is 3.12. The van der Waals surface area contributed by atoms with Gasteiger partial charge >= 0.3 is 17.9 Å². The van der Waals surface area contributed by atoms with Gasteiger partial charge in [0.25, 0.3) is 0 Å². The fourth-order valence-corrected chi connectivity index (χ4v) is 3.12.